The van der Waals surface area contributed by atoms with Crippen LogP contribution in [0.2, 0.25) is 0 Å². The Morgan fingerprint density at radius 2 is 1.82 bits per heavy atom. The van der Waals surface area contributed by atoms with E-state index in [0.717, 1.165) is 42.5 Å². The van der Waals surface area contributed by atoms with Crippen LogP contribution < -0.4 is 9.47 Å². The van der Waals surface area contributed by atoms with Gasteiger partial charge >= 0.3 is 6.09 Å². The highest BCUT2D eigenvalue weighted by atomic mass is 16.7. The van der Waals surface area contributed by atoms with Crippen molar-refractivity contribution in [3.05, 3.63) is 60.7 Å². The number of oxime groups is 1. The molecule has 1 aromatic carbocycles. The molecule has 6 atom stereocenters. The Kier molecular flexibility index (Phi) is 14.4. The second kappa shape index (κ2) is 18.2. The van der Waals surface area contributed by atoms with Crippen molar-refractivity contribution in [1.29, 1.82) is 0 Å². The third-order valence-electron chi connectivity index (χ3n) is 9.92. The Hall–Kier alpha value is -3.34. The summed E-state index contributed by atoms with van der Waals surface area (Å²) in [7, 11) is 1.55. The van der Waals surface area contributed by atoms with Gasteiger partial charge in [0.25, 0.3) is 0 Å². The van der Waals surface area contributed by atoms with E-state index in [2.05, 4.69) is 30.5 Å². The van der Waals surface area contributed by atoms with E-state index in [1.165, 1.54) is 0 Å². The van der Waals surface area contributed by atoms with Crippen LogP contribution in [0.25, 0.3) is 0 Å². The normalized spacial score (nSPS) is 26.2. The van der Waals surface area contributed by atoms with Crippen LogP contribution in [0.5, 0.6) is 11.5 Å². The molecule has 0 spiro atoms. The number of aliphatic hydroxyl groups excluding tert-OH is 2. The Balaban J connectivity index is 2.00. The van der Waals surface area contributed by atoms with E-state index in [9.17, 15) is 15.0 Å². The van der Waals surface area contributed by atoms with E-state index >= 15 is 0 Å². The summed E-state index contributed by atoms with van der Waals surface area (Å²) in [5, 5.41) is 24.1. The number of unbranched alkanes of at least 4 members (excludes halogenated alkanes) is 2. The highest BCUT2D eigenvalue weighted by molar-refractivity contribution is 6.02. The van der Waals surface area contributed by atoms with E-state index in [1.54, 1.807) is 24.2 Å². The van der Waals surface area contributed by atoms with Crippen molar-refractivity contribution in [2.24, 2.45) is 28.3 Å². The van der Waals surface area contributed by atoms with Crippen LogP contribution in [0.15, 0.2) is 60.3 Å². The molecule has 1 fully saturated rings. The molecule has 1 aliphatic heterocycles. The van der Waals surface area contributed by atoms with E-state index < -0.39 is 17.9 Å². The zero-order chi connectivity index (χ0) is 36.3. The van der Waals surface area contributed by atoms with Crippen LogP contribution in [0.1, 0.15) is 90.5 Å². The fraction of sp³-hybridized carbons (Fsp3) is 0.650. The molecule has 1 amide bonds. The molecular weight excluding hydrogens is 636 g/mol. The quantitative estimate of drug-likeness (QED) is 0.0872. The number of aliphatic hydroxyl groups is 2. The molecule has 1 aromatic rings. The molecule has 6 unspecified atom stereocenters. The Labute approximate surface area is 299 Å². The van der Waals surface area contributed by atoms with Crippen LogP contribution in [0, 0.1) is 23.2 Å². The first-order valence-corrected chi connectivity index (χ1v) is 18.4. The molecule has 278 valence electrons. The summed E-state index contributed by atoms with van der Waals surface area (Å²) < 4.78 is 26.2. The first-order valence-electron chi connectivity index (χ1n) is 18.4. The standard InChI is InChI=1S/C40H60N2O8/c1-8-19-42(38(45)48-27-39(4,5)6)35-26-33(41-46-7)31-24-28(15-11-13-20-43)30(16-12-14-21-44)36-32-25-29(47-22-9-2)17-18-34(32)50-40(35,37(31)36)49-23-10-3/h9-10,17-18,24-25,28,30,35-37,43-44H,2-3,8,11-16,19-23,26-27H2,1,4-7H3. The number of ether oxygens (including phenoxy) is 4. The lowest BCUT2D eigenvalue weighted by molar-refractivity contribution is -0.255. The van der Waals surface area contributed by atoms with Gasteiger partial charge in [-0.2, -0.15) is 0 Å². The van der Waals surface area contributed by atoms with E-state index in [0.29, 0.717) is 50.3 Å². The van der Waals surface area contributed by atoms with Crippen molar-refractivity contribution in [2.45, 2.75) is 96.8 Å². The van der Waals surface area contributed by atoms with Gasteiger partial charge in [-0.05, 0) is 73.1 Å². The predicted octanol–water partition coefficient (Wildman–Crippen LogP) is 7.41. The summed E-state index contributed by atoms with van der Waals surface area (Å²) in [6, 6.07) is 5.32. The number of carbonyl (C=O) groups excluding carboxylic acids is 1. The van der Waals surface area contributed by atoms with E-state index in [-0.39, 0.29) is 55.5 Å². The molecule has 2 aliphatic carbocycles. The number of nitrogens with zero attached hydrogens (tertiary/aromatic N) is 2. The number of rotatable bonds is 19. The fourth-order valence-electron chi connectivity index (χ4n) is 7.98. The molecule has 50 heavy (non-hydrogen) atoms. The minimum absolute atomic E-state index is 0.118. The van der Waals surface area contributed by atoms with E-state index in [4.69, 9.17) is 23.8 Å². The zero-order valence-electron chi connectivity index (χ0n) is 30.9. The molecule has 10 nitrogen and oxygen atoms in total. The van der Waals surface area contributed by atoms with Gasteiger partial charge in [-0.3, -0.25) is 4.90 Å². The lowest BCUT2D eigenvalue weighted by Crippen LogP contribution is -2.70. The maximum atomic E-state index is 14.1. The van der Waals surface area contributed by atoms with Crippen molar-refractivity contribution in [3.63, 3.8) is 0 Å². The summed E-state index contributed by atoms with van der Waals surface area (Å²) in [6.07, 6.45) is 11.2. The number of amides is 1. The van der Waals surface area contributed by atoms with Gasteiger partial charge in [0.1, 0.15) is 31.3 Å². The first-order chi connectivity index (χ1) is 24.1. The van der Waals surface area contributed by atoms with Crippen molar-refractivity contribution >= 4 is 11.8 Å². The minimum Gasteiger partial charge on any atom is -0.490 e. The number of hydrogen-bond acceptors (Lipinski definition) is 9. The smallest absolute Gasteiger partial charge is 0.410 e. The maximum Gasteiger partial charge on any atom is 0.410 e. The number of hydrogen-bond donors (Lipinski definition) is 2. The first kappa shape index (κ1) is 39.4. The van der Waals surface area contributed by atoms with Crippen LogP contribution in [-0.4, -0.2) is 85.4 Å². The zero-order valence-corrected chi connectivity index (χ0v) is 30.9. The van der Waals surface area contributed by atoms with Gasteiger partial charge in [0.2, 0.25) is 5.79 Å². The molecule has 1 heterocycles. The second-order valence-corrected chi connectivity index (χ2v) is 14.9. The van der Waals surface area contributed by atoms with Gasteiger partial charge in [0.15, 0.2) is 0 Å². The largest absolute Gasteiger partial charge is 0.490 e. The summed E-state index contributed by atoms with van der Waals surface area (Å²) in [4.78, 5) is 21.4. The number of benzene rings is 1. The molecule has 1 saturated carbocycles. The van der Waals surface area contributed by atoms with Crippen molar-refractivity contribution in [2.75, 3.05) is 46.7 Å². The lowest BCUT2D eigenvalue weighted by atomic mass is 9.55. The monoisotopic (exact) mass is 696 g/mol. The third kappa shape index (κ3) is 8.93. The topological polar surface area (TPSA) is 119 Å². The molecule has 4 rings (SSSR count). The van der Waals surface area contributed by atoms with Gasteiger partial charge in [0, 0.05) is 37.7 Å². The summed E-state index contributed by atoms with van der Waals surface area (Å²) in [5.41, 5.74) is 2.54. The predicted molar refractivity (Wildman–Crippen MR) is 195 cm³/mol. The minimum atomic E-state index is -1.31. The van der Waals surface area contributed by atoms with Crippen LogP contribution in [0.3, 0.4) is 0 Å². The van der Waals surface area contributed by atoms with Crippen LogP contribution in [-0.2, 0) is 14.3 Å². The average molecular weight is 697 g/mol. The van der Waals surface area contributed by atoms with Crippen molar-refractivity contribution in [3.8, 4) is 11.5 Å². The average Bonchev–Trinajstić information content (AvgIpc) is 3.09. The number of carbonyl (C=O) groups is 1. The van der Waals surface area contributed by atoms with Crippen molar-refractivity contribution in [1.82, 2.24) is 4.90 Å². The molecule has 0 saturated heterocycles. The second-order valence-electron chi connectivity index (χ2n) is 14.9. The number of allylic oxidation sites excluding steroid dienone is 1. The van der Waals surface area contributed by atoms with Gasteiger partial charge in [-0.1, -0.05) is 70.5 Å². The van der Waals surface area contributed by atoms with Crippen LogP contribution in [0.4, 0.5) is 4.79 Å². The molecule has 2 N–H and O–H groups in total. The molecule has 3 aliphatic rings. The Morgan fingerprint density at radius 1 is 1.10 bits per heavy atom. The fourth-order valence-corrected chi connectivity index (χ4v) is 7.98. The maximum absolute atomic E-state index is 14.1. The highest BCUT2D eigenvalue weighted by Gasteiger charge is 2.65. The lowest BCUT2D eigenvalue weighted by Gasteiger charge is -2.60. The summed E-state index contributed by atoms with van der Waals surface area (Å²) >= 11 is 0. The summed E-state index contributed by atoms with van der Waals surface area (Å²) in [6.45, 7) is 17.5. The summed E-state index contributed by atoms with van der Waals surface area (Å²) in [5.74, 6) is -0.124. The SMILES string of the molecule is C=CCOc1ccc2c(c1)C1C(CCCCO)C(CCCCO)C=C3C(=NOC)CC(N(CCC)C(=O)OCC(C)(C)C)C(OCC=C)(O2)C31. The van der Waals surface area contributed by atoms with Gasteiger partial charge < -0.3 is 34.0 Å². The van der Waals surface area contributed by atoms with Gasteiger partial charge in [0.05, 0.1) is 24.8 Å². The molecule has 0 aromatic heterocycles. The third-order valence-corrected chi connectivity index (χ3v) is 9.92. The van der Waals surface area contributed by atoms with Crippen LogP contribution >= 0.6 is 0 Å². The number of fused-ring (bicyclic) bond motifs is 2. The molecular formula is C40H60N2O8. The van der Waals surface area contributed by atoms with Crippen molar-refractivity contribution < 1.29 is 38.8 Å². The highest BCUT2D eigenvalue weighted by Crippen LogP contribution is 2.62. The molecule has 0 radical (unpaired) electrons. The van der Waals surface area contributed by atoms with Gasteiger partial charge in [-0.25, -0.2) is 4.79 Å². The Bertz CT molecular complexity index is 1350. The Morgan fingerprint density at radius 3 is 2.46 bits per heavy atom. The van der Waals surface area contributed by atoms with E-state index in [1.807, 2.05) is 39.8 Å². The molecule has 0 bridgehead atoms. The van der Waals surface area contributed by atoms with Gasteiger partial charge in [-0.15, -0.1) is 6.58 Å². The molecule has 10 heteroatoms.